The molecular formula is C44H30N8O2S4. The number of nitrogen functional groups attached to an aromatic ring is 1. The van der Waals surface area contributed by atoms with Crippen molar-refractivity contribution in [2.45, 2.75) is 0 Å². The van der Waals surface area contributed by atoms with Crippen LogP contribution in [0.1, 0.15) is 0 Å². The Balaban J connectivity index is 0.000000151. The fourth-order valence-electron chi connectivity index (χ4n) is 6.24. The van der Waals surface area contributed by atoms with E-state index in [-0.39, 0.29) is 5.69 Å². The highest BCUT2D eigenvalue weighted by atomic mass is 32.1. The van der Waals surface area contributed by atoms with Gasteiger partial charge < -0.3 is 16.4 Å². The van der Waals surface area contributed by atoms with Crippen LogP contribution in [0.4, 0.5) is 34.1 Å². The molecule has 10 aromatic rings. The number of nitro groups is 1. The van der Waals surface area contributed by atoms with Crippen LogP contribution < -0.4 is 16.4 Å². The molecule has 0 spiro atoms. The summed E-state index contributed by atoms with van der Waals surface area (Å²) in [6.07, 6.45) is 0. The number of hydrogen-bond acceptors (Lipinski definition) is 13. The molecular weight excluding hydrogens is 801 g/mol. The first kappa shape index (κ1) is 36.8. The van der Waals surface area contributed by atoms with Crippen molar-refractivity contribution in [1.82, 2.24) is 19.9 Å². The van der Waals surface area contributed by atoms with Crippen molar-refractivity contribution in [3.05, 3.63) is 165 Å². The van der Waals surface area contributed by atoms with Crippen LogP contribution in [0.15, 0.2) is 155 Å². The van der Waals surface area contributed by atoms with Gasteiger partial charge in [0.1, 0.15) is 33.8 Å². The van der Waals surface area contributed by atoms with Gasteiger partial charge in [-0.05, 0) is 106 Å². The monoisotopic (exact) mass is 830 g/mol. The summed E-state index contributed by atoms with van der Waals surface area (Å²) in [7, 11) is 0. The number of nitrogens with one attached hydrogen (secondary N) is 2. The zero-order valence-electron chi connectivity index (χ0n) is 30.3. The van der Waals surface area contributed by atoms with Crippen LogP contribution in [0.5, 0.6) is 0 Å². The smallest absolute Gasteiger partial charge is 0.269 e. The number of fused-ring (bicyclic) bond motifs is 2. The average molecular weight is 831 g/mol. The van der Waals surface area contributed by atoms with Gasteiger partial charge in [-0.1, -0.05) is 36.4 Å². The molecule has 282 valence electrons. The lowest BCUT2D eigenvalue weighted by molar-refractivity contribution is -0.384. The Hall–Kier alpha value is -6.84. The first-order valence-corrected chi connectivity index (χ1v) is 21.4. The van der Waals surface area contributed by atoms with Crippen molar-refractivity contribution in [2.24, 2.45) is 0 Å². The summed E-state index contributed by atoms with van der Waals surface area (Å²) in [5, 5.41) is 25.9. The Bertz CT molecular complexity index is 2970. The van der Waals surface area contributed by atoms with Gasteiger partial charge in [0.25, 0.3) is 5.69 Å². The third-order valence-electron chi connectivity index (χ3n) is 8.95. The Morgan fingerprint density at radius 3 is 1.21 bits per heavy atom. The molecule has 10 rings (SSSR count). The zero-order chi connectivity index (χ0) is 39.4. The van der Waals surface area contributed by atoms with Crippen molar-refractivity contribution in [3.63, 3.8) is 0 Å². The number of hydrogen-bond donors (Lipinski definition) is 3. The Kier molecular flexibility index (Phi) is 10.4. The van der Waals surface area contributed by atoms with E-state index in [0.717, 1.165) is 92.8 Å². The van der Waals surface area contributed by atoms with Crippen molar-refractivity contribution in [3.8, 4) is 42.3 Å². The number of nitrogens with two attached hydrogens (primary N) is 1. The van der Waals surface area contributed by atoms with E-state index in [4.69, 9.17) is 25.7 Å². The molecule has 14 heteroatoms. The van der Waals surface area contributed by atoms with Crippen molar-refractivity contribution < 1.29 is 4.92 Å². The van der Waals surface area contributed by atoms with E-state index in [1.807, 2.05) is 102 Å². The van der Waals surface area contributed by atoms with Gasteiger partial charge in [0.15, 0.2) is 0 Å². The zero-order valence-corrected chi connectivity index (χ0v) is 33.5. The van der Waals surface area contributed by atoms with Crippen LogP contribution >= 0.6 is 45.3 Å². The van der Waals surface area contributed by atoms with Gasteiger partial charge in [-0.25, -0.2) is 19.9 Å². The van der Waals surface area contributed by atoms with Crippen LogP contribution in [0, 0.1) is 10.1 Å². The molecule has 6 heterocycles. The fraction of sp³-hybridized carbons (Fsp3) is 0. The number of para-hydroxylation sites is 2. The molecule has 4 aromatic carbocycles. The first-order chi connectivity index (χ1) is 28.5. The molecule has 0 atom stereocenters. The summed E-state index contributed by atoms with van der Waals surface area (Å²) in [6, 6.07) is 42.2. The van der Waals surface area contributed by atoms with Gasteiger partial charge in [-0.2, -0.15) is 0 Å². The molecule has 0 amide bonds. The Morgan fingerprint density at radius 2 is 0.845 bits per heavy atom. The highest BCUT2D eigenvalue weighted by Gasteiger charge is 2.18. The van der Waals surface area contributed by atoms with Crippen LogP contribution in [0.3, 0.4) is 0 Å². The molecule has 0 radical (unpaired) electrons. The molecule has 0 fully saturated rings. The molecule has 0 aliphatic carbocycles. The number of non-ortho nitro benzene ring substituents is 1. The molecule has 4 N–H and O–H groups in total. The van der Waals surface area contributed by atoms with Gasteiger partial charge in [0.05, 0.1) is 46.8 Å². The molecule has 0 aliphatic rings. The lowest BCUT2D eigenvalue weighted by atomic mass is 10.1. The highest BCUT2D eigenvalue weighted by molar-refractivity contribution is 7.15. The van der Waals surface area contributed by atoms with E-state index >= 15 is 0 Å². The van der Waals surface area contributed by atoms with Crippen LogP contribution in [0.25, 0.3) is 64.4 Å². The predicted molar refractivity (Wildman–Crippen MR) is 243 cm³/mol. The third kappa shape index (κ3) is 7.77. The first-order valence-electron chi connectivity index (χ1n) is 17.9. The second-order valence-corrected chi connectivity index (χ2v) is 16.6. The molecule has 0 unspecified atom stereocenters. The molecule has 0 bridgehead atoms. The number of aromatic nitrogens is 4. The summed E-state index contributed by atoms with van der Waals surface area (Å²) >= 11 is 6.62. The minimum Gasteiger partial charge on any atom is -0.399 e. The predicted octanol–water partition coefficient (Wildman–Crippen LogP) is 13.2. The third-order valence-corrected chi connectivity index (χ3v) is 12.5. The van der Waals surface area contributed by atoms with Crippen molar-refractivity contribution in [1.29, 1.82) is 0 Å². The maximum atomic E-state index is 10.9. The Morgan fingerprint density at radius 1 is 0.466 bits per heavy atom. The maximum Gasteiger partial charge on any atom is 0.269 e. The lowest BCUT2D eigenvalue weighted by Gasteiger charge is -2.12. The van der Waals surface area contributed by atoms with E-state index in [9.17, 15) is 10.1 Å². The number of nitro benzene ring substituents is 1. The number of nitrogens with zero attached hydrogens (tertiary/aromatic N) is 5. The number of anilines is 5. The average Bonchev–Trinajstić information content (AvgIpc) is 4.11. The summed E-state index contributed by atoms with van der Waals surface area (Å²) in [5.41, 5.74) is 16.8. The van der Waals surface area contributed by atoms with Crippen LogP contribution in [0.2, 0.25) is 0 Å². The lowest BCUT2D eigenvalue weighted by Crippen LogP contribution is -1.98. The molecule has 6 aromatic heterocycles. The van der Waals surface area contributed by atoms with E-state index in [2.05, 4.69) is 39.6 Å². The minimum atomic E-state index is -0.410. The number of rotatable bonds is 9. The maximum absolute atomic E-state index is 10.9. The van der Waals surface area contributed by atoms with Crippen molar-refractivity contribution >= 4 is 102 Å². The molecule has 0 saturated carbocycles. The topological polar surface area (TPSA) is 145 Å². The van der Waals surface area contributed by atoms with Gasteiger partial charge >= 0.3 is 0 Å². The largest absolute Gasteiger partial charge is 0.399 e. The number of benzene rings is 4. The van der Waals surface area contributed by atoms with Gasteiger partial charge in [0.2, 0.25) is 0 Å². The fourth-order valence-corrected chi connectivity index (χ4v) is 9.10. The summed E-state index contributed by atoms with van der Waals surface area (Å²) in [4.78, 5) is 34.8. The number of thiophene rings is 4. The summed E-state index contributed by atoms with van der Waals surface area (Å²) in [6.45, 7) is 0. The molecule has 0 aliphatic heterocycles. The standard InChI is InChI=1S/C22H14N4O2S2.C22H16N4S2/c27-26(28)15-10-8-14(9-11-15)23-16-4-1-5-17-20(16)25-22(19-7-3-13-30-19)21(24-17)18-6-2-12-29-18;23-14-8-10-15(11-9-14)24-16-4-1-5-17-20(16)26-22(19-7-3-13-28-19)21(25-17)18-6-2-12-27-18/h1-13,23H;1-13,24H,23H2. The minimum absolute atomic E-state index is 0.0545. The Labute approximate surface area is 348 Å². The molecule has 58 heavy (non-hydrogen) atoms. The van der Waals surface area contributed by atoms with Crippen molar-refractivity contribution in [2.75, 3.05) is 16.4 Å². The highest BCUT2D eigenvalue weighted by Crippen LogP contribution is 2.39. The SMILES string of the molecule is Nc1ccc(Nc2cccc3nc(-c4cccs4)c(-c4cccs4)nc23)cc1.O=[N+]([O-])c1ccc(Nc2cccc3nc(-c4cccs4)c(-c4cccs4)nc23)cc1. The molecule has 10 nitrogen and oxygen atoms in total. The summed E-state index contributed by atoms with van der Waals surface area (Å²) in [5.74, 6) is 0. The summed E-state index contributed by atoms with van der Waals surface area (Å²) < 4.78 is 0. The van der Waals surface area contributed by atoms with E-state index < -0.39 is 4.92 Å². The van der Waals surface area contributed by atoms with Crippen LogP contribution in [-0.2, 0) is 0 Å². The quantitative estimate of drug-likeness (QED) is 0.0735. The van der Waals surface area contributed by atoms with Gasteiger partial charge in [-0.15, -0.1) is 45.3 Å². The van der Waals surface area contributed by atoms with E-state index in [1.54, 1.807) is 57.5 Å². The van der Waals surface area contributed by atoms with Gasteiger partial charge in [-0.3, -0.25) is 10.1 Å². The molecule has 0 saturated heterocycles. The van der Waals surface area contributed by atoms with E-state index in [0.29, 0.717) is 0 Å². The second kappa shape index (κ2) is 16.3. The second-order valence-electron chi connectivity index (χ2n) is 12.8. The van der Waals surface area contributed by atoms with Gasteiger partial charge in [0, 0.05) is 29.2 Å². The van der Waals surface area contributed by atoms with Crippen LogP contribution in [-0.4, -0.2) is 24.9 Å². The normalized spacial score (nSPS) is 11.0. The van der Waals surface area contributed by atoms with E-state index in [1.165, 1.54) is 12.1 Å².